The number of carbonyl (C=O) groups excluding carboxylic acids is 1. The van der Waals surface area contributed by atoms with E-state index in [1.54, 1.807) is 24.4 Å². The Hall–Kier alpha value is -2.43. The van der Waals surface area contributed by atoms with E-state index in [0.717, 1.165) is 24.1 Å². The predicted molar refractivity (Wildman–Crippen MR) is 87.7 cm³/mol. The number of hydrogen-bond acceptors (Lipinski definition) is 3. The Kier molecular flexibility index (Phi) is 4.86. The number of aromatic nitrogens is 1. The van der Waals surface area contributed by atoms with Gasteiger partial charge in [-0.25, -0.2) is 9.37 Å². The fourth-order valence-electron chi connectivity index (χ4n) is 2.77. The van der Waals surface area contributed by atoms with Crippen molar-refractivity contribution in [1.82, 2.24) is 10.3 Å². The lowest BCUT2D eigenvalue weighted by Crippen LogP contribution is -2.33. The van der Waals surface area contributed by atoms with Gasteiger partial charge in [-0.2, -0.15) is 0 Å². The number of carbonyl (C=O) groups is 1. The van der Waals surface area contributed by atoms with Crippen LogP contribution in [0.2, 0.25) is 0 Å². The van der Waals surface area contributed by atoms with Crippen molar-refractivity contribution < 1.29 is 9.18 Å². The van der Waals surface area contributed by atoms with Gasteiger partial charge in [0.1, 0.15) is 11.5 Å². The van der Waals surface area contributed by atoms with Crippen molar-refractivity contribution in [2.75, 3.05) is 5.32 Å². The van der Waals surface area contributed by atoms with E-state index >= 15 is 0 Å². The highest BCUT2D eigenvalue weighted by Crippen LogP contribution is 2.18. The zero-order valence-electron chi connectivity index (χ0n) is 12.9. The van der Waals surface area contributed by atoms with Crippen molar-refractivity contribution in [2.24, 2.45) is 0 Å². The molecule has 23 heavy (non-hydrogen) atoms. The number of rotatable bonds is 5. The molecular weight excluding hydrogens is 293 g/mol. The van der Waals surface area contributed by atoms with E-state index in [1.807, 2.05) is 6.07 Å². The Morgan fingerprint density at radius 1 is 1.13 bits per heavy atom. The Balaban J connectivity index is 1.53. The van der Waals surface area contributed by atoms with Crippen molar-refractivity contribution in [3.8, 4) is 0 Å². The molecule has 1 saturated carbocycles. The smallest absolute Gasteiger partial charge is 0.270 e. The molecule has 2 aromatic rings. The molecule has 1 aromatic carbocycles. The van der Waals surface area contributed by atoms with Gasteiger partial charge < -0.3 is 10.6 Å². The number of pyridine rings is 1. The molecule has 0 atom stereocenters. The topological polar surface area (TPSA) is 54.0 Å². The molecule has 1 aliphatic carbocycles. The zero-order chi connectivity index (χ0) is 16.1. The van der Waals surface area contributed by atoms with Crippen molar-refractivity contribution in [2.45, 2.75) is 38.3 Å². The van der Waals surface area contributed by atoms with Crippen LogP contribution in [0.1, 0.15) is 41.7 Å². The van der Waals surface area contributed by atoms with Crippen LogP contribution < -0.4 is 10.6 Å². The van der Waals surface area contributed by atoms with E-state index in [9.17, 15) is 9.18 Å². The summed E-state index contributed by atoms with van der Waals surface area (Å²) in [5.74, 6) is -0.352. The van der Waals surface area contributed by atoms with Gasteiger partial charge in [0.25, 0.3) is 5.91 Å². The Labute approximate surface area is 135 Å². The maximum absolute atomic E-state index is 12.8. The minimum atomic E-state index is -0.243. The van der Waals surface area contributed by atoms with Crippen molar-refractivity contribution >= 4 is 11.6 Å². The van der Waals surface area contributed by atoms with Crippen LogP contribution in [0, 0.1) is 5.82 Å². The molecule has 3 rings (SSSR count). The largest absolute Gasteiger partial charge is 0.380 e. The maximum Gasteiger partial charge on any atom is 0.270 e. The van der Waals surface area contributed by atoms with Crippen LogP contribution in [0.3, 0.4) is 0 Å². The van der Waals surface area contributed by atoms with E-state index in [2.05, 4.69) is 15.6 Å². The number of nitrogens with zero attached hydrogens (tertiary/aromatic N) is 1. The van der Waals surface area contributed by atoms with Crippen molar-refractivity contribution in [3.05, 3.63) is 59.7 Å². The molecule has 4 nitrogen and oxygen atoms in total. The Morgan fingerprint density at radius 2 is 1.87 bits per heavy atom. The van der Waals surface area contributed by atoms with Gasteiger partial charge >= 0.3 is 0 Å². The lowest BCUT2D eigenvalue weighted by atomic mass is 10.2. The number of hydrogen-bond donors (Lipinski definition) is 2. The van der Waals surface area contributed by atoms with E-state index in [4.69, 9.17) is 0 Å². The summed E-state index contributed by atoms with van der Waals surface area (Å²) in [6, 6.07) is 10.2. The molecule has 1 aliphatic rings. The summed E-state index contributed by atoms with van der Waals surface area (Å²) in [4.78, 5) is 16.3. The second kappa shape index (κ2) is 7.22. The maximum atomic E-state index is 12.8. The van der Waals surface area contributed by atoms with Crippen LogP contribution in [0.5, 0.6) is 0 Å². The van der Waals surface area contributed by atoms with Gasteiger partial charge in [-0.1, -0.05) is 25.0 Å². The summed E-state index contributed by atoms with van der Waals surface area (Å²) >= 11 is 0. The summed E-state index contributed by atoms with van der Waals surface area (Å²) in [5.41, 5.74) is 2.24. The number of benzene rings is 1. The molecule has 0 saturated heterocycles. The first-order valence-electron chi connectivity index (χ1n) is 7.96. The standard InChI is InChI=1S/C18H20FN3O/c19-14-7-5-13(6-8-14)11-20-16-9-10-17(21-12-16)18(23)22-15-3-1-2-4-15/h5-10,12,15,20H,1-4,11H2,(H,22,23). The lowest BCUT2D eigenvalue weighted by molar-refractivity contribution is 0.0933. The van der Waals surface area contributed by atoms with Gasteiger partial charge in [-0.3, -0.25) is 4.79 Å². The fourth-order valence-corrected chi connectivity index (χ4v) is 2.77. The molecule has 1 heterocycles. The molecule has 5 heteroatoms. The third-order valence-electron chi connectivity index (χ3n) is 4.10. The molecule has 1 amide bonds. The van der Waals surface area contributed by atoms with Crippen LogP contribution in [0.4, 0.5) is 10.1 Å². The second-order valence-electron chi connectivity index (χ2n) is 5.87. The lowest BCUT2D eigenvalue weighted by Gasteiger charge is -2.12. The van der Waals surface area contributed by atoms with Gasteiger partial charge in [-0.05, 0) is 42.7 Å². The molecule has 0 aliphatic heterocycles. The quantitative estimate of drug-likeness (QED) is 0.888. The molecule has 0 radical (unpaired) electrons. The van der Waals surface area contributed by atoms with Crippen LogP contribution in [-0.4, -0.2) is 16.9 Å². The second-order valence-corrected chi connectivity index (χ2v) is 5.87. The summed E-state index contributed by atoms with van der Waals surface area (Å²) < 4.78 is 12.8. The van der Waals surface area contributed by atoms with Crippen molar-refractivity contribution in [1.29, 1.82) is 0 Å². The number of nitrogens with one attached hydrogen (secondary N) is 2. The van der Waals surface area contributed by atoms with E-state index in [0.29, 0.717) is 18.3 Å². The van der Waals surface area contributed by atoms with Gasteiger partial charge in [0, 0.05) is 12.6 Å². The average molecular weight is 313 g/mol. The highest BCUT2D eigenvalue weighted by Gasteiger charge is 2.18. The van der Waals surface area contributed by atoms with Crippen LogP contribution in [-0.2, 0) is 6.54 Å². The van der Waals surface area contributed by atoms with E-state index < -0.39 is 0 Å². The van der Waals surface area contributed by atoms with Gasteiger partial charge in [-0.15, -0.1) is 0 Å². The molecule has 120 valence electrons. The Bertz CT molecular complexity index is 649. The highest BCUT2D eigenvalue weighted by molar-refractivity contribution is 5.92. The number of halogens is 1. The molecule has 0 spiro atoms. The molecule has 0 unspecified atom stereocenters. The highest BCUT2D eigenvalue weighted by atomic mass is 19.1. The number of anilines is 1. The molecule has 0 bridgehead atoms. The molecule has 2 N–H and O–H groups in total. The number of amides is 1. The molecule has 1 aromatic heterocycles. The van der Waals surface area contributed by atoms with E-state index in [1.165, 1.54) is 25.0 Å². The van der Waals surface area contributed by atoms with Crippen LogP contribution >= 0.6 is 0 Å². The minimum Gasteiger partial charge on any atom is -0.380 e. The van der Waals surface area contributed by atoms with Gasteiger partial charge in [0.2, 0.25) is 0 Å². The zero-order valence-corrected chi connectivity index (χ0v) is 12.9. The van der Waals surface area contributed by atoms with Crippen LogP contribution in [0.25, 0.3) is 0 Å². The van der Waals surface area contributed by atoms with Crippen molar-refractivity contribution in [3.63, 3.8) is 0 Å². The third kappa shape index (κ3) is 4.28. The Morgan fingerprint density at radius 3 is 2.52 bits per heavy atom. The monoisotopic (exact) mass is 313 g/mol. The third-order valence-corrected chi connectivity index (χ3v) is 4.10. The average Bonchev–Trinajstić information content (AvgIpc) is 3.08. The van der Waals surface area contributed by atoms with Gasteiger partial charge in [0.15, 0.2) is 0 Å². The summed E-state index contributed by atoms with van der Waals surface area (Å²) in [6.07, 6.45) is 6.13. The predicted octanol–water partition coefficient (Wildman–Crippen LogP) is 3.51. The SMILES string of the molecule is O=C(NC1CCCC1)c1ccc(NCc2ccc(F)cc2)cn1. The van der Waals surface area contributed by atoms with E-state index in [-0.39, 0.29) is 11.7 Å². The summed E-state index contributed by atoms with van der Waals surface area (Å²) in [7, 11) is 0. The first-order valence-corrected chi connectivity index (χ1v) is 7.96. The van der Waals surface area contributed by atoms with Gasteiger partial charge in [0.05, 0.1) is 11.9 Å². The fraction of sp³-hybridized carbons (Fsp3) is 0.333. The molecule has 1 fully saturated rings. The first-order chi connectivity index (χ1) is 11.2. The first kappa shape index (κ1) is 15.5. The minimum absolute atomic E-state index is 0.109. The molecular formula is C18H20FN3O. The summed E-state index contributed by atoms with van der Waals surface area (Å²) in [6.45, 7) is 0.579. The normalized spacial score (nSPS) is 14.7. The summed E-state index contributed by atoms with van der Waals surface area (Å²) in [5, 5.41) is 6.22. The van der Waals surface area contributed by atoms with Crippen LogP contribution in [0.15, 0.2) is 42.6 Å².